The summed E-state index contributed by atoms with van der Waals surface area (Å²) in [6.45, 7) is 2.81. The van der Waals surface area contributed by atoms with Gasteiger partial charge < -0.3 is 10.8 Å². The maximum Gasteiger partial charge on any atom is 0.305 e. The second-order valence-electron chi connectivity index (χ2n) is 3.18. The minimum atomic E-state index is -0.887. The van der Waals surface area contributed by atoms with E-state index in [1.54, 1.807) is 16.9 Å². The molecule has 0 saturated carbocycles. The molecule has 5 nitrogen and oxygen atoms in total. The lowest BCUT2D eigenvalue weighted by molar-refractivity contribution is -0.137. The first kappa shape index (κ1) is 10.7. The van der Waals surface area contributed by atoms with Crippen molar-refractivity contribution in [2.45, 2.75) is 32.4 Å². The molecule has 1 atom stereocenters. The second kappa shape index (κ2) is 4.76. The summed E-state index contributed by atoms with van der Waals surface area (Å²) in [5.41, 5.74) is 6.52. The maximum absolute atomic E-state index is 10.5. The third kappa shape index (κ3) is 2.56. The molecule has 0 aliphatic rings. The van der Waals surface area contributed by atoms with Crippen LogP contribution in [0.1, 0.15) is 31.5 Å². The molecular weight excluding hydrogens is 182 g/mol. The van der Waals surface area contributed by atoms with E-state index < -0.39 is 12.0 Å². The van der Waals surface area contributed by atoms with Gasteiger partial charge in [0.05, 0.1) is 18.2 Å². The molecule has 0 bridgehead atoms. The SMILES string of the molecule is CCCn1nccc1C(N)CC(=O)O. The van der Waals surface area contributed by atoms with Gasteiger partial charge in [-0.05, 0) is 12.5 Å². The van der Waals surface area contributed by atoms with E-state index in [0.717, 1.165) is 18.7 Å². The minimum absolute atomic E-state index is 0.0601. The molecule has 78 valence electrons. The highest BCUT2D eigenvalue weighted by Crippen LogP contribution is 2.13. The van der Waals surface area contributed by atoms with Gasteiger partial charge in [-0.3, -0.25) is 9.48 Å². The largest absolute Gasteiger partial charge is 0.481 e. The van der Waals surface area contributed by atoms with E-state index in [1.807, 2.05) is 6.92 Å². The van der Waals surface area contributed by atoms with Crippen LogP contribution in [0.2, 0.25) is 0 Å². The summed E-state index contributed by atoms with van der Waals surface area (Å²) in [6, 6.07) is 1.30. The van der Waals surface area contributed by atoms with Crippen LogP contribution in [0.4, 0.5) is 0 Å². The molecule has 0 aliphatic heterocycles. The zero-order valence-corrected chi connectivity index (χ0v) is 8.18. The molecule has 3 N–H and O–H groups in total. The Kier molecular flexibility index (Phi) is 3.64. The summed E-state index contributed by atoms with van der Waals surface area (Å²) in [5, 5.41) is 12.7. The number of nitrogens with zero attached hydrogens (tertiary/aromatic N) is 2. The summed E-state index contributed by atoms with van der Waals surface area (Å²) in [6.07, 6.45) is 2.54. The summed E-state index contributed by atoms with van der Waals surface area (Å²) in [7, 11) is 0. The van der Waals surface area contributed by atoms with Gasteiger partial charge in [0, 0.05) is 12.7 Å². The molecule has 0 saturated heterocycles. The van der Waals surface area contributed by atoms with Gasteiger partial charge >= 0.3 is 5.97 Å². The van der Waals surface area contributed by atoms with Crippen molar-refractivity contribution in [2.75, 3.05) is 0 Å². The topological polar surface area (TPSA) is 81.1 Å². The van der Waals surface area contributed by atoms with Gasteiger partial charge in [-0.15, -0.1) is 0 Å². The van der Waals surface area contributed by atoms with Gasteiger partial charge in [-0.1, -0.05) is 6.92 Å². The maximum atomic E-state index is 10.5. The zero-order chi connectivity index (χ0) is 10.6. The summed E-state index contributed by atoms with van der Waals surface area (Å²) < 4.78 is 1.76. The molecule has 1 heterocycles. The average Bonchev–Trinajstić information content (AvgIpc) is 2.51. The van der Waals surface area contributed by atoms with E-state index >= 15 is 0 Å². The number of carboxylic acid groups (broad SMARTS) is 1. The number of nitrogens with two attached hydrogens (primary N) is 1. The molecule has 0 radical (unpaired) electrons. The highest BCUT2D eigenvalue weighted by atomic mass is 16.4. The Bertz CT molecular complexity index is 309. The molecular formula is C9H15N3O2. The Balaban J connectivity index is 2.72. The highest BCUT2D eigenvalue weighted by molar-refractivity contribution is 5.67. The van der Waals surface area contributed by atoms with Crippen molar-refractivity contribution in [3.63, 3.8) is 0 Å². The lowest BCUT2D eigenvalue weighted by Crippen LogP contribution is -2.19. The molecule has 1 rings (SSSR count). The molecule has 0 spiro atoms. The number of carboxylic acids is 1. The van der Waals surface area contributed by atoms with Crippen molar-refractivity contribution in [1.82, 2.24) is 9.78 Å². The number of aliphatic carboxylic acids is 1. The van der Waals surface area contributed by atoms with E-state index in [9.17, 15) is 4.79 Å². The van der Waals surface area contributed by atoms with Crippen molar-refractivity contribution in [3.8, 4) is 0 Å². The highest BCUT2D eigenvalue weighted by Gasteiger charge is 2.14. The quantitative estimate of drug-likeness (QED) is 0.730. The van der Waals surface area contributed by atoms with Crippen LogP contribution < -0.4 is 5.73 Å². The Hall–Kier alpha value is -1.36. The van der Waals surface area contributed by atoms with Crippen LogP contribution in [0.25, 0.3) is 0 Å². The molecule has 1 aromatic heterocycles. The Labute approximate surface area is 82.5 Å². The van der Waals surface area contributed by atoms with E-state index in [2.05, 4.69) is 5.10 Å². The first-order valence-corrected chi connectivity index (χ1v) is 4.64. The lowest BCUT2D eigenvalue weighted by Gasteiger charge is -2.11. The summed E-state index contributed by atoms with van der Waals surface area (Å²) in [5.74, 6) is -0.887. The Morgan fingerprint density at radius 3 is 3.07 bits per heavy atom. The molecule has 0 aromatic carbocycles. The fraction of sp³-hybridized carbons (Fsp3) is 0.556. The third-order valence-corrected chi connectivity index (χ3v) is 1.96. The van der Waals surface area contributed by atoms with Crippen molar-refractivity contribution in [2.24, 2.45) is 5.73 Å². The number of hydrogen-bond acceptors (Lipinski definition) is 3. The third-order valence-electron chi connectivity index (χ3n) is 1.96. The zero-order valence-electron chi connectivity index (χ0n) is 8.18. The Morgan fingerprint density at radius 1 is 1.79 bits per heavy atom. The first-order chi connectivity index (χ1) is 6.65. The normalized spacial score (nSPS) is 12.7. The minimum Gasteiger partial charge on any atom is -0.481 e. The number of hydrogen-bond donors (Lipinski definition) is 2. The number of aromatic nitrogens is 2. The Morgan fingerprint density at radius 2 is 2.50 bits per heavy atom. The fourth-order valence-electron chi connectivity index (χ4n) is 1.35. The van der Waals surface area contributed by atoms with Crippen molar-refractivity contribution in [1.29, 1.82) is 0 Å². The predicted octanol–water partition coefficient (Wildman–Crippen LogP) is 0.768. The van der Waals surface area contributed by atoms with Crippen LogP contribution in [0.5, 0.6) is 0 Å². The van der Waals surface area contributed by atoms with Crippen LogP contribution in [0.3, 0.4) is 0 Å². The molecule has 0 aliphatic carbocycles. The molecule has 1 aromatic rings. The number of carbonyl (C=O) groups is 1. The smallest absolute Gasteiger partial charge is 0.305 e. The fourth-order valence-corrected chi connectivity index (χ4v) is 1.35. The van der Waals surface area contributed by atoms with E-state index in [-0.39, 0.29) is 6.42 Å². The van der Waals surface area contributed by atoms with Crippen LogP contribution in [0.15, 0.2) is 12.3 Å². The number of rotatable bonds is 5. The molecule has 0 fully saturated rings. The van der Waals surface area contributed by atoms with Crippen molar-refractivity contribution in [3.05, 3.63) is 18.0 Å². The molecule has 0 amide bonds. The van der Waals surface area contributed by atoms with Gasteiger partial charge in [0.1, 0.15) is 0 Å². The van der Waals surface area contributed by atoms with E-state index in [1.165, 1.54) is 0 Å². The van der Waals surface area contributed by atoms with Gasteiger partial charge in [0.2, 0.25) is 0 Å². The van der Waals surface area contributed by atoms with Crippen LogP contribution in [-0.4, -0.2) is 20.9 Å². The summed E-state index contributed by atoms with van der Waals surface area (Å²) >= 11 is 0. The van der Waals surface area contributed by atoms with Crippen molar-refractivity contribution >= 4 is 5.97 Å². The van der Waals surface area contributed by atoms with Crippen molar-refractivity contribution < 1.29 is 9.90 Å². The molecule has 14 heavy (non-hydrogen) atoms. The second-order valence-corrected chi connectivity index (χ2v) is 3.18. The van der Waals surface area contributed by atoms with Crippen LogP contribution in [0, 0.1) is 0 Å². The van der Waals surface area contributed by atoms with Crippen LogP contribution in [-0.2, 0) is 11.3 Å². The van der Waals surface area contributed by atoms with Gasteiger partial charge in [0.15, 0.2) is 0 Å². The van der Waals surface area contributed by atoms with Gasteiger partial charge in [-0.25, -0.2) is 0 Å². The lowest BCUT2D eigenvalue weighted by atomic mass is 10.1. The standard InChI is InChI=1S/C9H15N3O2/c1-2-5-12-8(3-4-11-12)7(10)6-9(13)14/h3-4,7H,2,5-6,10H2,1H3,(H,13,14). The predicted molar refractivity (Wildman–Crippen MR) is 51.7 cm³/mol. The summed E-state index contributed by atoms with van der Waals surface area (Å²) in [4.78, 5) is 10.5. The number of aryl methyl sites for hydroxylation is 1. The van der Waals surface area contributed by atoms with Crippen LogP contribution >= 0.6 is 0 Å². The van der Waals surface area contributed by atoms with E-state index in [4.69, 9.17) is 10.8 Å². The first-order valence-electron chi connectivity index (χ1n) is 4.64. The monoisotopic (exact) mass is 197 g/mol. The van der Waals surface area contributed by atoms with Gasteiger partial charge in [0.25, 0.3) is 0 Å². The molecule has 5 heteroatoms. The van der Waals surface area contributed by atoms with E-state index in [0.29, 0.717) is 0 Å². The average molecular weight is 197 g/mol. The molecule has 1 unspecified atom stereocenters. The van der Waals surface area contributed by atoms with Gasteiger partial charge in [-0.2, -0.15) is 5.10 Å².